The van der Waals surface area contributed by atoms with Crippen molar-refractivity contribution in [3.05, 3.63) is 65.2 Å². The fraction of sp³-hybridized carbons (Fsp3) is 0.381. The van der Waals surface area contributed by atoms with E-state index in [-0.39, 0.29) is 23.9 Å². The molecule has 0 spiro atoms. The van der Waals surface area contributed by atoms with Crippen LogP contribution in [-0.2, 0) is 26.1 Å². The van der Waals surface area contributed by atoms with E-state index in [1.165, 1.54) is 28.6 Å². The average Bonchev–Trinajstić information content (AvgIpc) is 2.75. The molecule has 1 aliphatic heterocycles. The molecule has 1 heterocycles. The zero-order valence-electron chi connectivity index (χ0n) is 16.7. The van der Waals surface area contributed by atoms with Crippen LogP contribution in [0.4, 0.5) is 0 Å². The lowest BCUT2D eigenvalue weighted by molar-refractivity contribution is -0.121. The van der Waals surface area contributed by atoms with Crippen molar-refractivity contribution in [3.63, 3.8) is 0 Å². The molecule has 0 bridgehead atoms. The Kier molecular flexibility index (Phi) is 8.24. The first-order chi connectivity index (χ1) is 14.4. The Bertz CT molecular complexity index is 917. The number of hydrogen-bond donors (Lipinski definition) is 1. The van der Waals surface area contributed by atoms with Gasteiger partial charge in [-0.3, -0.25) is 9.69 Å². The molecule has 0 saturated carbocycles. The normalized spacial score (nSPS) is 15.3. The molecule has 1 aliphatic rings. The van der Waals surface area contributed by atoms with Gasteiger partial charge in [0.1, 0.15) is 0 Å². The van der Waals surface area contributed by atoms with Gasteiger partial charge in [-0.1, -0.05) is 41.9 Å². The minimum atomic E-state index is -3.87. The van der Waals surface area contributed by atoms with E-state index in [4.69, 9.17) is 16.3 Å². The second-order valence-electron chi connectivity index (χ2n) is 7.02. The molecule has 162 valence electrons. The zero-order valence-corrected chi connectivity index (χ0v) is 18.2. The van der Waals surface area contributed by atoms with Crippen LogP contribution in [0.5, 0.6) is 0 Å². The van der Waals surface area contributed by atoms with Crippen molar-refractivity contribution in [2.24, 2.45) is 0 Å². The molecular formula is C21H26ClN3O4S. The van der Waals surface area contributed by atoms with Crippen molar-refractivity contribution < 1.29 is 17.9 Å². The molecule has 0 atom stereocenters. The number of benzene rings is 2. The van der Waals surface area contributed by atoms with Crippen LogP contribution in [0.2, 0.25) is 5.02 Å². The second-order valence-corrected chi connectivity index (χ2v) is 9.39. The number of morpholine rings is 1. The monoisotopic (exact) mass is 451 g/mol. The summed E-state index contributed by atoms with van der Waals surface area (Å²) in [6, 6.07) is 15.2. The van der Waals surface area contributed by atoms with Gasteiger partial charge < -0.3 is 10.1 Å². The fourth-order valence-electron chi connectivity index (χ4n) is 3.16. The number of amides is 1. The molecule has 30 heavy (non-hydrogen) atoms. The molecule has 1 amide bonds. The first-order valence-corrected chi connectivity index (χ1v) is 11.6. The van der Waals surface area contributed by atoms with Crippen LogP contribution >= 0.6 is 11.6 Å². The smallest absolute Gasteiger partial charge is 0.243 e. The lowest BCUT2D eigenvalue weighted by atomic mass is 10.2. The van der Waals surface area contributed by atoms with E-state index in [1.54, 1.807) is 0 Å². The lowest BCUT2D eigenvalue weighted by Gasteiger charge is -2.27. The number of rotatable bonds is 9. The Morgan fingerprint density at radius 1 is 1.07 bits per heavy atom. The summed E-state index contributed by atoms with van der Waals surface area (Å²) in [5, 5.41) is 3.28. The van der Waals surface area contributed by atoms with Gasteiger partial charge in [-0.15, -0.1) is 0 Å². The van der Waals surface area contributed by atoms with Crippen LogP contribution < -0.4 is 5.32 Å². The number of hydrogen-bond acceptors (Lipinski definition) is 5. The summed E-state index contributed by atoms with van der Waals surface area (Å²) in [5.41, 5.74) is 0.802. The average molecular weight is 452 g/mol. The first-order valence-electron chi connectivity index (χ1n) is 9.81. The van der Waals surface area contributed by atoms with Gasteiger partial charge in [-0.2, -0.15) is 4.31 Å². The number of carbonyl (C=O) groups is 1. The molecule has 2 aromatic carbocycles. The summed E-state index contributed by atoms with van der Waals surface area (Å²) in [4.78, 5) is 14.8. The highest BCUT2D eigenvalue weighted by molar-refractivity contribution is 7.89. The molecule has 1 N–H and O–H groups in total. The second kappa shape index (κ2) is 10.9. The van der Waals surface area contributed by atoms with Gasteiger partial charge in [-0.25, -0.2) is 8.42 Å². The van der Waals surface area contributed by atoms with E-state index in [0.29, 0.717) is 31.3 Å². The minimum Gasteiger partial charge on any atom is -0.379 e. The molecule has 1 saturated heterocycles. The Labute approximate surface area is 182 Å². The third-order valence-corrected chi connectivity index (χ3v) is 6.88. The minimum absolute atomic E-state index is 0.0999. The van der Waals surface area contributed by atoms with Gasteiger partial charge in [-0.05, 0) is 29.8 Å². The highest BCUT2D eigenvalue weighted by Gasteiger charge is 2.27. The summed E-state index contributed by atoms with van der Waals surface area (Å²) in [6.07, 6.45) is 0. The van der Waals surface area contributed by atoms with Gasteiger partial charge in [0, 0.05) is 37.7 Å². The maximum Gasteiger partial charge on any atom is 0.243 e. The molecule has 7 nitrogen and oxygen atoms in total. The highest BCUT2D eigenvalue weighted by Crippen LogP contribution is 2.20. The maximum atomic E-state index is 13.2. The molecule has 0 unspecified atom stereocenters. The van der Waals surface area contributed by atoms with Crippen molar-refractivity contribution >= 4 is 27.5 Å². The largest absolute Gasteiger partial charge is 0.379 e. The van der Waals surface area contributed by atoms with Crippen LogP contribution in [0.3, 0.4) is 0 Å². The Morgan fingerprint density at radius 3 is 2.40 bits per heavy atom. The van der Waals surface area contributed by atoms with Crippen LogP contribution in [0.15, 0.2) is 59.5 Å². The topological polar surface area (TPSA) is 79.0 Å². The summed E-state index contributed by atoms with van der Waals surface area (Å²) < 4.78 is 32.9. The van der Waals surface area contributed by atoms with E-state index in [2.05, 4.69) is 10.2 Å². The van der Waals surface area contributed by atoms with Crippen molar-refractivity contribution in [3.8, 4) is 0 Å². The van der Waals surface area contributed by atoms with Crippen molar-refractivity contribution in [2.75, 3.05) is 45.9 Å². The van der Waals surface area contributed by atoms with Crippen LogP contribution in [0.1, 0.15) is 5.56 Å². The van der Waals surface area contributed by atoms with Gasteiger partial charge in [0.15, 0.2) is 0 Å². The van der Waals surface area contributed by atoms with E-state index in [0.717, 1.165) is 18.7 Å². The number of carbonyl (C=O) groups excluding carboxylic acids is 1. The molecule has 3 rings (SSSR count). The van der Waals surface area contributed by atoms with Crippen LogP contribution in [0, 0.1) is 0 Å². The van der Waals surface area contributed by atoms with Gasteiger partial charge >= 0.3 is 0 Å². The van der Waals surface area contributed by atoms with Crippen molar-refractivity contribution in [2.45, 2.75) is 11.4 Å². The van der Waals surface area contributed by atoms with E-state index >= 15 is 0 Å². The third-order valence-electron chi connectivity index (χ3n) is 4.83. The Balaban J connectivity index is 1.67. The summed E-state index contributed by atoms with van der Waals surface area (Å²) in [7, 11) is -3.87. The number of halogens is 1. The number of ether oxygens (including phenoxy) is 1. The first kappa shape index (κ1) is 22.7. The molecule has 2 aromatic rings. The molecule has 1 fully saturated rings. The predicted molar refractivity (Wildman–Crippen MR) is 116 cm³/mol. The number of sulfonamides is 1. The van der Waals surface area contributed by atoms with E-state index in [9.17, 15) is 13.2 Å². The summed E-state index contributed by atoms with van der Waals surface area (Å²) >= 11 is 5.89. The van der Waals surface area contributed by atoms with Gasteiger partial charge in [0.25, 0.3) is 0 Å². The Morgan fingerprint density at radius 2 is 1.73 bits per heavy atom. The molecule has 9 heteroatoms. The standard InChI is InChI=1S/C21H26ClN3O4S/c22-19-6-8-20(9-7-19)30(27,28)25(16-18-4-2-1-3-5-18)17-21(26)23-10-11-24-12-14-29-15-13-24/h1-9H,10-17H2,(H,23,26). The van der Waals surface area contributed by atoms with Crippen LogP contribution in [0.25, 0.3) is 0 Å². The molecule has 0 aromatic heterocycles. The van der Waals surface area contributed by atoms with E-state index < -0.39 is 10.0 Å². The van der Waals surface area contributed by atoms with Crippen molar-refractivity contribution in [1.29, 1.82) is 0 Å². The van der Waals surface area contributed by atoms with Gasteiger partial charge in [0.2, 0.25) is 15.9 Å². The van der Waals surface area contributed by atoms with Crippen molar-refractivity contribution in [1.82, 2.24) is 14.5 Å². The van der Waals surface area contributed by atoms with E-state index in [1.807, 2.05) is 30.3 Å². The zero-order chi connectivity index (χ0) is 21.4. The van der Waals surface area contributed by atoms with Crippen LogP contribution in [-0.4, -0.2) is 69.5 Å². The highest BCUT2D eigenvalue weighted by atomic mass is 35.5. The predicted octanol–water partition coefficient (Wildman–Crippen LogP) is 1.98. The van der Waals surface area contributed by atoms with Gasteiger partial charge in [0.05, 0.1) is 24.7 Å². The number of nitrogens with zero attached hydrogens (tertiary/aromatic N) is 2. The third kappa shape index (κ3) is 6.52. The lowest BCUT2D eigenvalue weighted by Crippen LogP contribution is -2.44. The Hall–Kier alpha value is -1.97. The number of nitrogens with one attached hydrogen (secondary N) is 1. The molecular weight excluding hydrogens is 426 g/mol. The SMILES string of the molecule is O=C(CN(Cc1ccccc1)S(=O)(=O)c1ccc(Cl)cc1)NCCN1CCOCC1. The fourth-order valence-corrected chi connectivity index (χ4v) is 4.67. The quantitative estimate of drug-likeness (QED) is 0.630. The maximum absolute atomic E-state index is 13.2. The molecule has 0 radical (unpaired) electrons. The summed E-state index contributed by atoms with van der Waals surface area (Å²) in [6.45, 7) is 4.06. The summed E-state index contributed by atoms with van der Waals surface area (Å²) in [5.74, 6) is -0.336. The molecule has 0 aliphatic carbocycles.